The van der Waals surface area contributed by atoms with E-state index in [1.54, 1.807) is 19.2 Å². The van der Waals surface area contributed by atoms with Gasteiger partial charge in [0.05, 0.1) is 7.11 Å². The Morgan fingerprint density at radius 1 is 1.00 bits per heavy atom. The summed E-state index contributed by atoms with van der Waals surface area (Å²) in [6.07, 6.45) is 2.52. The maximum Gasteiger partial charge on any atom is 0.165 e. The van der Waals surface area contributed by atoms with Crippen molar-refractivity contribution in [2.45, 2.75) is 33.4 Å². The monoisotopic (exact) mass is 455 g/mol. The number of aryl methyl sites for hydroxylation is 2. The van der Waals surface area contributed by atoms with Crippen molar-refractivity contribution in [1.82, 2.24) is 0 Å². The van der Waals surface area contributed by atoms with Gasteiger partial charge in [-0.2, -0.15) is 0 Å². The molecule has 31 heavy (non-hydrogen) atoms. The molecule has 0 aliphatic carbocycles. The number of allylic oxidation sites excluding steroid dienone is 1. The summed E-state index contributed by atoms with van der Waals surface area (Å²) in [7, 11) is 1.65. The first-order chi connectivity index (χ1) is 14.9. The van der Waals surface area contributed by atoms with Crippen molar-refractivity contribution in [3.05, 3.63) is 99.0 Å². The van der Waals surface area contributed by atoms with Gasteiger partial charge in [-0.25, -0.2) is 0 Å². The predicted octanol–water partition coefficient (Wildman–Crippen LogP) is 7.54. The van der Waals surface area contributed by atoms with Gasteiger partial charge in [0.25, 0.3) is 0 Å². The van der Waals surface area contributed by atoms with E-state index in [0.717, 1.165) is 22.4 Å². The van der Waals surface area contributed by atoms with Crippen LogP contribution in [0.15, 0.2) is 61.2 Å². The fourth-order valence-electron chi connectivity index (χ4n) is 3.36. The van der Waals surface area contributed by atoms with Crippen LogP contribution in [0.25, 0.3) is 0 Å². The number of nitrogens with one attached hydrogen (secondary N) is 1. The fraction of sp³-hybridized carbons (Fsp3) is 0.231. The largest absolute Gasteiger partial charge is 0.493 e. The molecule has 0 saturated heterocycles. The van der Waals surface area contributed by atoms with Crippen LogP contribution in [0.3, 0.4) is 0 Å². The number of hydrogen-bond donors (Lipinski definition) is 1. The van der Waals surface area contributed by atoms with Crippen LogP contribution in [0, 0.1) is 13.8 Å². The van der Waals surface area contributed by atoms with Gasteiger partial charge in [0.2, 0.25) is 0 Å². The van der Waals surface area contributed by atoms with E-state index in [-0.39, 0.29) is 0 Å². The molecular weight excluding hydrogens is 429 g/mol. The molecule has 0 spiro atoms. The number of methoxy groups -OCH3 is 1. The molecule has 0 saturated carbocycles. The summed E-state index contributed by atoms with van der Waals surface area (Å²) in [5, 5.41) is 4.70. The maximum absolute atomic E-state index is 6.30. The van der Waals surface area contributed by atoms with Crippen LogP contribution in [-0.2, 0) is 19.6 Å². The second-order valence-corrected chi connectivity index (χ2v) is 8.32. The molecule has 5 heteroatoms. The number of hydrogen-bond acceptors (Lipinski definition) is 3. The lowest BCUT2D eigenvalue weighted by atomic mass is 10.0. The Bertz CT molecular complexity index is 1080. The minimum Gasteiger partial charge on any atom is -0.493 e. The van der Waals surface area contributed by atoms with Gasteiger partial charge >= 0.3 is 0 Å². The van der Waals surface area contributed by atoms with Crippen LogP contribution in [0.4, 0.5) is 5.69 Å². The predicted molar refractivity (Wildman–Crippen MR) is 131 cm³/mol. The van der Waals surface area contributed by atoms with Crippen LogP contribution in [-0.4, -0.2) is 7.11 Å². The summed E-state index contributed by atoms with van der Waals surface area (Å²) in [5.74, 6) is 1.38. The van der Waals surface area contributed by atoms with Crippen LogP contribution in [0.5, 0.6) is 11.5 Å². The summed E-state index contributed by atoms with van der Waals surface area (Å²) in [6.45, 7) is 9.08. The summed E-state index contributed by atoms with van der Waals surface area (Å²) in [4.78, 5) is 0. The van der Waals surface area contributed by atoms with Gasteiger partial charge in [0.15, 0.2) is 11.5 Å². The molecule has 0 amide bonds. The quantitative estimate of drug-likeness (QED) is 0.338. The summed E-state index contributed by atoms with van der Waals surface area (Å²) in [6, 6.07) is 15.9. The number of ether oxygens (including phenoxy) is 2. The molecule has 0 heterocycles. The van der Waals surface area contributed by atoms with Gasteiger partial charge in [0, 0.05) is 33.4 Å². The second kappa shape index (κ2) is 10.6. The molecule has 0 radical (unpaired) electrons. The van der Waals surface area contributed by atoms with Gasteiger partial charge < -0.3 is 14.8 Å². The normalized spacial score (nSPS) is 10.6. The molecule has 3 aromatic carbocycles. The van der Waals surface area contributed by atoms with Crippen LogP contribution >= 0.6 is 23.2 Å². The Morgan fingerprint density at radius 2 is 1.81 bits per heavy atom. The van der Waals surface area contributed by atoms with E-state index >= 15 is 0 Å². The topological polar surface area (TPSA) is 30.5 Å². The second-order valence-electron chi connectivity index (χ2n) is 7.48. The number of anilines is 1. The zero-order chi connectivity index (χ0) is 22.4. The third-order valence-corrected chi connectivity index (χ3v) is 5.63. The lowest BCUT2D eigenvalue weighted by molar-refractivity contribution is 0.282. The molecule has 0 unspecified atom stereocenters. The van der Waals surface area contributed by atoms with Crippen molar-refractivity contribution in [1.29, 1.82) is 0 Å². The van der Waals surface area contributed by atoms with Crippen molar-refractivity contribution < 1.29 is 9.47 Å². The highest BCUT2D eigenvalue weighted by Gasteiger charge is 2.14. The molecule has 0 atom stereocenters. The van der Waals surface area contributed by atoms with Crippen molar-refractivity contribution in [3.63, 3.8) is 0 Å². The number of rotatable bonds is 9. The van der Waals surface area contributed by atoms with E-state index in [9.17, 15) is 0 Å². The fourth-order valence-corrected chi connectivity index (χ4v) is 3.82. The standard InChI is InChI=1S/C26H27Cl2NO2/c1-5-6-20-12-19(15-29-24-11-17(2)7-8-18(24)3)13-25(30-4)26(20)31-16-21-9-10-22(27)14-23(21)28/h5,7-14,29H,1,6,15-16H2,2-4H3. The first kappa shape index (κ1) is 23.1. The molecule has 0 aromatic heterocycles. The first-order valence-corrected chi connectivity index (χ1v) is 10.9. The number of halogens is 2. The van der Waals surface area contributed by atoms with E-state index in [0.29, 0.717) is 41.1 Å². The smallest absolute Gasteiger partial charge is 0.165 e. The first-order valence-electron chi connectivity index (χ1n) is 10.1. The Hall–Kier alpha value is -2.62. The SMILES string of the molecule is C=CCc1cc(CNc2cc(C)ccc2C)cc(OC)c1OCc1ccc(Cl)cc1Cl. The molecule has 3 aromatic rings. The average molecular weight is 456 g/mol. The van der Waals surface area contributed by atoms with E-state index in [1.165, 1.54) is 11.1 Å². The summed E-state index contributed by atoms with van der Waals surface area (Å²) in [5.41, 5.74) is 6.54. The van der Waals surface area contributed by atoms with Crippen LogP contribution in [0.1, 0.15) is 27.8 Å². The molecule has 0 aliphatic rings. The Morgan fingerprint density at radius 3 is 2.52 bits per heavy atom. The van der Waals surface area contributed by atoms with Crippen LogP contribution < -0.4 is 14.8 Å². The lowest BCUT2D eigenvalue weighted by Crippen LogP contribution is -2.06. The Labute approximate surface area is 194 Å². The van der Waals surface area contributed by atoms with E-state index in [4.69, 9.17) is 32.7 Å². The molecule has 0 bridgehead atoms. The van der Waals surface area contributed by atoms with Crippen molar-refractivity contribution in [2.24, 2.45) is 0 Å². The third-order valence-electron chi connectivity index (χ3n) is 5.04. The molecule has 1 N–H and O–H groups in total. The molecule has 162 valence electrons. The van der Waals surface area contributed by atoms with E-state index in [1.807, 2.05) is 18.2 Å². The van der Waals surface area contributed by atoms with Gasteiger partial charge in [-0.15, -0.1) is 6.58 Å². The van der Waals surface area contributed by atoms with Crippen molar-refractivity contribution in [3.8, 4) is 11.5 Å². The molecule has 3 rings (SSSR count). The summed E-state index contributed by atoms with van der Waals surface area (Å²) >= 11 is 12.3. The van der Waals surface area contributed by atoms with Crippen LogP contribution in [0.2, 0.25) is 10.0 Å². The minimum atomic E-state index is 0.316. The highest BCUT2D eigenvalue weighted by atomic mass is 35.5. The molecule has 0 aliphatic heterocycles. The van der Waals surface area contributed by atoms with Gasteiger partial charge in [-0.3, -0.25) is 0 Å². The van der Waals surface area contributed by atoms with Gasteiger partial charge in [-0.05, 0) is 67.3 Å². The van der Waals surface area contributed by atoms with Gasteiger partial charge in [0.1, 0.15) is 6.61 Å². The maximum atomic E-state index is 6.30. The minimum absolute atomic E-state index is 0.316. The summed E-state index contributed by atoms with van der Waals surface area (Å²) < 4.78 is 11.8. The third kappa shape index (κ3) is 5.96. The number of benzene rings is 3. The molecular formula is C26H27Cl2NO2. The van der Waals surface area contributed by atoms with Crippen molar-refractivity contribution >= 4 is 28.9 Å². The average Bonchev–Trinajstić information content (AvgIpc) is 2.74. The van der Waals surface area contributed by atoms with E-state index < -0.39 is 0 Å². The zero-order valence-electron chi connectivity index (χ0n) is 18.1. The molecule has 0 fully saturated rings. The zero-order valence-corrected chi connectivity index (χ0v) is 19.6. The lowest BCUT2D eigenvalue weighted by Gasteiger charge is -2.18. The highest BCUT2D eigenvalue weighted by Crippen LogP contribution is 2.35. The van der Waals surface area contributed by atoms with Gasteiger partial charge in [-0.1, -0.05) is 47.5 Å². The Balaban J connectivity index is 1.84. The van der Waals surface area contributed by atoms with Crippen molar-refractivity contribution in [2.75, 3.05) is 12.4 Å². The van der Waals surface area contributed by atoms with E-state index in [2.05, 4.69) is 50.0 Å². The molecule has 3 nitrogen and oxygen atoms in total. The highest BCUT2D eigenvalue weighted by molar-refractivity contribution is 6.35. The Kier molecular flexibility index (Phi) is 7.89.